The molecule has 3 aromatic carbocycles. The van der Waals surface area contributed by atoms with Gasteiger partial charge >= 0.3 is 5.63 Å². The number of hydrogen-bond donors (Lipinski definition) is 0. The van der Waals surface area contributed by atoms with E-state index >= 15 is 0 Å². The van der Waals surface area contributed by atoms with Gasteiger partial charge in [0.15, 0.2) is 5.82 Å². The first-order valence-electron chi connectivity index (χ1n) is 10.9. The van der Waals surface area contributed by atoms with Gasteiger partial charge in [0.1, 0.15) is 11.1 Å². The highest BCUT2D eigenvalue weighted by molar-refractivity contribution is 6.31. The molecule has 0 saturated carbocycles. The fourth-order valence-electron chi connectivity index (χ4n) is 4.08. The summed E-state index contributed by atoms with van der Waals surface area (Å²) in [6.07, 6.45) is 0. The van der Waals surface area contributed by atoms with E-state index in [0.717, 1.165) is 40.8 Å². The molecular weight excluding hydrogens is 434 g/mol. The SMILES string of the molecule is CCN(CC)c1ccc2cc(-c3nc(-c4ccccc4)c4cc(Cl)ccc4n3)c(=O)oc2c1. The number of fused-ring (bicyclic) bond motifs is 2. The Bertz CT molecular complexity index is 1530. The number of rotatable bonds is 5. The highest BCUT2D eigenvalue weighted by Gasteiger charge is 2.16. The third-order valence-electron chi connectivity index (χ3n) is 5.79. The minimum atomic E-state index is -0.466. The van der Waals surface area contributed by atoms with Crippen LogP contribution in [-0.4, -0.2) is 23.1 Å². The van der Waals surface area contributed by atoms with Crippen LogP contribution in [0.4, 0.5) is 5.69 Å². The largest absolute Gasteiger partial charge is 0.422 e. The van der Waals surface area contributed by atoms with Gasteiger partial charge in [-0.05, 0) is 50.2 Å². The Morgan fingerprint density at radius 2 is 1.70 bits per heavy atom. The fraction of sp³-hybridized carbons (Fsp3) is 0.148. The van der Waals surface area contributed by atoms with E-state index in [1.165, 1.54) is 0 Å². The van der Waals surface area contributed by atoms with Crippen molar-refractivity contribution in [3.05, 3.63) is 88.2 Å². The number of anilines is 1. The molecule has 164 valence electrons. The van der Waals surface area contributed by atoms with Crippen LogP contribution in [0, 0.1) is 0 Å². The zero-order valence-electron chi connectivity index (χ0n) is 18.4. The molecule has 0 aliphatic carbocycles. The predicted molar refractivity (Wildman–Crippen MR) is 135 cm³/mol. The van der Waals surface area contributed by atoms with E-state index in [0.29, 0.717) is 27.5 Å². The van der Waals surface area contributed by atoms with Crippen molar-refractivity contribution in [3.63, 3.8) is 0 Å². The average Bonchev–Trinajstić information content (AvgIpc) is 2.84. The maximum absolute atomic E-state index is 13.0. The van der Waals surface area contributed by atoms with Gasteiger partial charge in [0.05, 0.1) is 11.2 Å². The van der Waals surface area contributed by atoms with Gasteiger partial charge in [0.25, 0.3) is 0 Å². The normalized spacial score (nSPS) is 11.2. The molecule has 5 rings (SSSR count). The summed E-state index contributed by atoms with van der Waals surface area (Å²) < 4.78 is 5.72. The summed E-state index contributed by atoms with van der Waals surface area (Å²) in [5.74, 6) is 0.326. The molecule has 0 radical (unpaired) electrons. The van der Waals surface area contributed by atoms with Crippen molar-refractivity contribution in [2.24, 2.45) is 0 Å². The zero-order chi connectivity index (χ0) is 22.9. The van der Waals surface area contributed by atoms with Gasteiger partial charge in [-0.25, -0.2) is 14.8 Å². The first kappa shape index (κ1) is 21.2. The second-order valence-corrected chi connectivity index (χ2v) is 8.20. The number of nitrogens with zero attached hydrogens (tertiary/aromatic N) is 3. The van der Waals surface area contributed by atoms with Crippen molar-refractivity contribution in [1.29, 1.82) is 0 Å². The van der Waals surface area contributed by atoms with Crippen molar-refractivity contribution in [2.45, 2.75) is 13.8 Å². The Balaban J connectivity index is 1.71. The standard InChI is InChI=1S/C27H22ClN3O2/c1-3-31(4-2)20-12-10-18-14-22(27(32)33-24(18)16-20)26-29-23-13-11-19(28)15-21(23)25(30-26)17-8-6-5-7-9-17/h5-16H,3-4H2,1-2H3. The third-order valence-corrected chi connectivity index (χ3v) is 6.03. The van der Waals surface area contributed by atoms with Crippen LogP contribution in [0.3, 0.4) is 0 Å². The van der Waals surface area contributed by atoms with Crippen LogP contribution in [0.2, 0.25) is 5.02 Å². The van der Waals surface area contributed by atoms with Crippen LogP contribution < -0.4 is 10.5 Å². The molecule has 2 heterocycles. The minimum Gasteiger partial charge on any atom is -0.422 e. The van der Waals surface area contributed by atoms with Crippen molar-refractivity contribution >= 4 is 39.2 Å². The molecule has 0 atom stereocenters. The molecule has 0 bridgehead atoms. The van der Waals surface area contributed by atoms with Gasteiger partial charge in [-0.3, -0.25) is 0 Å². The van der Waals surface area contributed by atoms with Gasteiger partial charge in [0.2, 0.25) is 0 Å². The molecule has 6 heteroatoms. The van der Waals surface area contributed by atoms with Gasteiger partial charge in [0, 0.05) is 46.2 Å². The molecule has 0 spiro atoms. The lowest BCUT2D eigenvalue weighted by Crippen LogP contribution is -2.21. The summed E-state index contributed by atoms with van der Waals surface area (Å²) in [5.41, 5.74) is 3.77. The van der Waals surface area contributed by atoms with E-state index in [4.69, 9.17) is 21.0 Å². The Kier molecular flexibility index (Phi) is 5.56. The van der Waals surface area contributed by atoms with Gasteiger partial charge < -0.3 is 9.32 Å². The molecule has 5 nitrogen and oxygen atoms in total. The summed E-state index contributed by atoms with van der Waals surface area (Å²) in [6, 6.07) is 23.0. The van der Waals surface area contributed by atoms with Gasteiger partial charge in [-0.2, -0.15) is 0 Å². The summed E-state index contributed by atoms with van der Waals surface area (Å²) in [6.45, 7) is 5.95. The Morgan fingerprint density at radius 1 is 0.909 bits per heavy atom. The van der Waals surface area contributed by atoms with Crippen molar-refractivity contribution < 1.29 is 4.42 Å². The molecule has 0 aliphatic rings. The molecule has 0 N–H and O–H groups in total. The highest BCUT2D eigenvalue weighted by Crippen LogP contribution is 2.31. The molecule has 0 unspecified atom stereocenters. The lowest BCUT2D eigenvalue weighted by Gasteiger charge is -2.21. The van der Waals surface area contributed by atoms with Crippen molar-refractivity contribution in [1.82, 2.24) is 9.97 Å². The van der Waals surface area contributed by atoms with Crippen LogP contribution in [0.15, 0.2) is 82.0 Å². The summed E-state index contributed by atoms with van der Waals surface area (Å²) in [7, 11) is 0. The summed E-state index contributed by atoms with van der Waals surface area (Å²) in [5, 5.41) is 2.25. The smallest absolute Gasteiger partial charge is 0.347 e. The van der Waals surface area contributed by atoms with Crippen LogP contribution in [0.5, 0.6) is 0 Å². The lowest BCUT2D eigenvalue weighted by molar-refractivity contribution is 0.562. The molecule has 0 saturated heterocycles. The molecule has 0 fully saturated rings. The van der Waals surface area contributed by atoms with Crippen LogP contribution in [0.25, 0.3) is 44.5 Å². The first-order chi connectivity index (χ1) is 16.1. The fourth-order valence-corrected chi connectivity index (χ4v) is 4.25. The molecule has 33 heavy (non-hydrogen) atoms. The second-order valence-electron chi connectivity index (χ2n) is 7.77. The monoisotopic (exact) mass is 455 g/mol. The predicted octanol–water partition coefficient (Wildman–Crippen LogP) is 6.57. The molecule has 0 amide bonds. The average molecular weight is 456 g/mol. The van der Waals surface area contributed by atoms with Crippen LogP contribution in [-0.2, 0) is 0 Å². The lowest BCUT2D eigenvalue weighted by atomic mass is 10.1. The van der Waals surface area contributed by atoms with E-state index in [9.17, 15) is 4.79 Å². The topological polar surface area (TPSA) is 59.2 Å². The van der Waals surface area contributed by atoms with Gasteiger partial charge in [-0.1, -0.05) is 41.9 Å². The quantitative estimate of drug-likeness (QED) is 0.280. The highest BCUT2D eigenvalue weighted by atomic mass is 35.5. The summed E-state index contributed by atoms with van der Waals surface area (Å²) >= 11 is 6.26. The number of benzene rings is 3. The van der Waals surface area contributed by atoms with Crippen molar-refractivity contribution in [3.8, 4) is 22.6 Å². The molecular formula is C27H22ClN3O2. The third kappa shape index (κ3) is 3.96. The molecule has 0 aliphatic heterocycles. The minimum absolute atomic E-state index is 0.326. The Hall–Kier alpha value is -3.70. The second kappa shape index (κ2) is 8.68. The number of halogens is 1. The maximum atomic E-state index is 13.0. The Morgan fingerprint density at radius 3 is 2.45 bits per heavy atom. The Labute approximate surface area is 196 Å². The van der Waals surface area contributed by atoms with Crippen molar-refractivity contribution in [2.75, 3.05) is 18.0 Å². The van der Waals surface area contributed by atoms with E-state index in [1.807, 2.05) is 60.7 Å². The van der Waals surface area contributed by atoms with Crippen LogP contribution in [0.1, 0.15) is 13.8 Å². The first-order valence-corrected chi connectivity index (χ1v) is 11.3. The van der Waals surface area contributed by atoms with Crippen LogP contribution >= 0.6 is 11.6 Å². The van der Waals surface area contributed by atoms with Gasteiger partial charge in [-0.15, -0.1) is 0 Å². The van der Waals surface area contributed by atoms with E-state index < -0.39 is 5.63 Å². The van der Waals surface area contributed by atoms with E-state index in [-0.39, 0.29) is 0 Å². The molecule has 5 aromatic rings. The number of aromatic nitrogens is 2. The van der Waals surface area contributed by atoms with E-state index in [2.05, 4.69) is 23.7 Å². The summed E-state index contributed by atoms with van der Waals surface area (Å²) in [4.78, 5) is 24.7. The number of hydrogen-bond acceptors (Lipinski definition) is 5. The van der Waals surface area contributed by atoms with E-state index in [1.54, 1.807) is 12.1 Å². The maximum Gasteiger partial charge on any atom is 0.347 e. The molecule has 2 aromatic heterocycles. The zero-order valence-corrected chi connectivity index (χ0v) is 19.1.